The van der Waals surface area contributed by atoms with Crippen LogP contribution in [-0.4, -0.2) is 126 Å². The lowest BCUT2D eigenvalue weighted by molar-refractivity contribution is -0.991. The Morgan fingerprint density at radius 3 is 2.62 bits per heavy atom. The molecule has 17 nitrogen and oxygen atoms in total. The van der Waals surface area contributed by atoms with Crippen molar-refractivity contribution in [2.24, 2.45) is 11.3 Å². The molecule has 19 heteroatoms. The van der Waals surface area contributed by atoms with Gasteiger partial charge >= 0.3 is 0 Å². The second-order valence-electron chi connectivity index (χ2n) is 20.0. The van der Waals surface area contributed by atoms with Crippen molar-refractivity contribution in [1.82, 2.24) is 19.6 Å². The number of allylic oxidation sites excluding steroid dienone is 1. The summed E-state index contributed by atoms with van der Waals surface area (Å²) in [4.78, 5) is 28.9. The third-order valence-corrected chi connectivity index (χ3v) is 15.9. The quantitative estimate of drug-likeness (QED) is 0.104. The highest BCUT2D eigenvalue weighted by Gasteiger charge is 2.39. The van der Waals surface area contributed by atoms with E-state index in [1.807, 2.05) is 41.3 Å². The molecule has 0 saturated carbocycles. The number of quaternary nitrogens is 1. The highest BCUT2D eigenvalue weighted by molar-refractivity contribution is 7.90. The molecule has 5 aromatic rings. The number of fused-ring (bicyclic) bond motifs is 4. The molecule has 71 heavy (non-hydrogen) atoms. The Labute approximate surface area is 419 Å². The predicted octanol–water partition coefficient (Wildman–Crippen LogP) is 7.03. The van der Waals surface area contributed by atoms with E-state index in [-0.39, 0.29) is 52.0 Å². The molecule has 2 aromatic heterocycles. The molecular weight excluding hydrogens is 950 g/mol. The molecule has 3 fully saturated rings. The largest absolute Gasteiger partial charge is 0.595 e. The number of hydrogen-bond donors (Lipinski definition) is 4. The first-order chi connectivity index (χ1) is 34.3. The number of aromatic nitrogens is 2. The molecule has 3 aromatic carbocycles. The third-order valence-electron chi connectivity index (χ3n) is 14.4. The Kier molecular flexibility index (Phi) is 14.6. The lowest BCUT2D eigenvalue weighted by Crippen LogP contribution is -2.99. The summed E-state index contributed by atoms with van der Waals surface area (Å²) in [5.74, 6) is -0.278. The van der Waals surface area contributed by atoms with Gasteiger partial charge in [-0.1, -0.05) is 37.6 Å². The number of ether oxygens (including phenoxy) is 5. The topological polar surface area (TPSA) is 196 Å². The van der Waals surface area contributed by atoms with Crippen LogP contribution >= 0.6 is 11.6 Å². The molecule has 5 aliphatic rings. The van der Waals surface area contributed by atoms with Gasteiger partial charge in [-0.15, -0.1) is 0 Å². The third kappa shape index (κ3) is 11.1. The van der Waals surface area contributed by atoms with Crippen molar-refractivity contribution in [1.29, 1.82) is 0 Å². The molecule has 6 heterocycles. The Balaban J connectivity index is 0.967. The minimum absolute atomic E-state index is 0.0145. The normalized spacial score (nSPS) is 22.0. The van der Waals surface area contributed by atoms with Crippen LogP contribution in [0.15, 0.2) is 89.5 Å². The number of nitrogens with one attached hydrogen (secondary N) is 3. The lowest BCUT2D eigenvalue weighted by atomic mass is 9.71. The number of H-pyrrole nitrogens is 1. The molecule has 0 radical (unpaired) electrons. The Morgan fingerprint density at radius 2 is 1.80 bits per heavy atom. The van der Waals surface area contributed by atoms with Crippen molar-refractivity contribution in [2.45, 2.75) is 69.4 Å². The zero-order valence-electron chi connectivity index (χ0n) is 40.2. The number of carbonyl (C=O) groups is 1. The van der Waals surface area contributed by atoms with E-state index in [2.05, 4.69) is 45.5 Å². The first kappa shape index (κ1) is 49.3. The number of pyridine rings is 1. The second kappa shape index (κ2) is 21.1. The van der Waals surface area contributed by atoms with Gasteiger partial charge < -0.3 is 43.7 Å². The summed E-state index contributed by atoms with van der Waals surface area (Å²) in [5.41, 5.74) is 6.19. The van der Waals surface area contributed by atoms with Crippen LogP contribution in [0.4, 0.5) is 22.7 Å². The van der Waals surface area contributed by atoms with Crippen LogP contribution in [0.3, 0.4) is 0 Å². The first-order valence-corrected chi connectivity index (χ1v) is 26.5. The molecule has 4 aliphatic heterocycles. The molecule has 3 saturated heterocycles. The lowest BCUT2D eigenvalue weighted by Gasteiger charge is -2.45. The van der Waals surface area contributed by atoms with Gasteiger partial charge in [0.25, 0.3) is 15.9 Å². The number of carbonyl (C=O) groups excluding carboxylic acids is 1. The average molecular weight is 1010 g/mol. The summed E-state index contributed by atoms with van der Waals surface area (Å²) in [7, 11) is -4.59. The first-order valence-electron chi connectivity index (χ1n) is 24.6. The maximum atomic E-state index is 14.6. The standard InChI is InChI=1S/C52H62ClN7O10S/c1-52(2)28-42(35-5-7-37(53)8-6-35)43-31-58-19-18-57(30-39(58)33-67-20-4-22-68-48(43)29-52)38-9-11-41(44(26-38)59-17-3-21-69-51-46(59)25-36-13-16-54-49(36)55-51)50(61)56-71(64,65)40-10-12-47(45(27-40)60(62)63)70-32-34-14-23-66-24-15-34/h5-13,16,25-27,34,39,48,60,62H,3-4,14-15,17-24,28-33H2,1-2H3,(H,54,55)(H,56,61)/t39?,48-/m1/s1. The molecule has 1 amide bonds. The minimum Gasteiger partial charge on any atom is -0.595 e. The molecule has 0 bridgehead atoms. The zero-order valence-corrected chi connectivity index (χ0v) is 41.7. The van der Waals surface area contributed by atoms with Crippen LogP contribution in [0.2, 0.25) is 5.02 Å². The fourth-order valence-corrected chi connectivity index (χ4v) is 11.7. The van der Waals surface area contributed by atoms with Gasteiger partial charge in [0, 0.05) is 87.5 Å². The highest BCUT2D eigenvalue weighted by atomic mass is 35.5. The van der Waals surface area contributed by atoms with E-state index in [9.17, 15) is 23.6 Å². The van der Waals surface area contributed by atoms with Gasteiger partial charge in [0.2, 0.25) is 11.6 Å². The number of benzene rings is 3. The molecule has 378 valence electrons. The molecule has 1 aliphatic carbocycles. The number of rotatable bonds is 10. The van der Waals surface area contributed by atoms with Crippen LogP contribution in [0.5, 0.6) is 11.6 Å². The number of hydrogen-bond acceptors (Lipinski definition) is 14. The van der Waals surface area contributed by atoms with Gasteiger partial charge in [0.15, 0.2) is 5.75 Å². The number of sulfonamides is 1. The predicted molar refractivity (Wildman–Crippen MR) is 270 cm³/mol. The van der Waals surface area contributed by atoms with Gasteiger partial charge in [0.1, 0.15) is 11.3 Å². The summed E-state index contributed by atoms with van der Waals surface area (Å²) in [6.07, 6.45) is 6.53. The summed E-state index contributed by atoms with van der Waals surface area (Å²) >= 11 is 6.38. The van der Waals surface area contributed by atoms with Crippen LogP contribution in [-0.2, 0) is 24.2 Å². The van der Waals surface area contributed by atoms with E-state index >= 15 is 0 Å². The average Bonchev–Trinajstić information content (AvgIpc) is 3.71. The van der Waals surface area contributed by atoms with Crippen molar-refractivity contribution in [3.63, 3.8) is 0 Å². The van der Waals surface area contributed by atoms with Gasteiger partial charge in [-0.3, -0.25) is 9.69 Å². The fourth-order valence-electron chi connectivity index (χ4n) is 10.6. The van der Waals surface area contributed by atoms with E-state index in [1.54, 1.807) is 12.3 Å². The van der Waals surface area contributed by atoms with Crippen molar-refractivity contribution < 1.29 is 47.3 Å². The number of aromatic amines is 1. The summed E-state index contributed by atoms with van der Waals surface area (Å²) < 4.78 is 61.0. The molecular formula is C52H62ClN7O10S. The van der Waals surface area contributed by atoms with Crippen molar-refractivity contribution in [2.75, 3.05) is 88.8 Å². The van der Waals surface area contributed by atoms with E-state index in [0.29, 0.717) is 93.6 Å². The Morgan fingerprint density at radius 1 is 0.972 bits per heavy atom. The van der Waals surface area contributed by atoms with E-state index in [1.165, 1.54) is 28.8 Å². The number of anilines is 3. The van der Waals surface area contributed by atoms with Gasteiger partial charge in [-0.25, -0.2) is 18.3 Å². The van der Waals surface area contributed by atoms with Crippen LogP contribution in [0.25, 0.3) is 16.6 Å². The number of piperazine rings is 1. The molecule has 10 rings (SSSR count). The molecule has 0 spiro atoms. The summed E-state index contributed by atoms with van der Waals surface area (Å²) in [6, 6.07) is 21.1. The molecule has 3 atom stereocenters. The van der Waals surface area contributed by atoms with Crippen molar-refractivity contribution in [3.8, 4) is 11.6 Å². The maximum absolute atomic E-state index is 14.6. The zero-order chi connectivity index (χ0) is 49.3. The number of nitrogens with zero attached hydrogens (tertiary/aromatic N) is 4. The van der Waals surface area contributed by atoms with Crippen LogP contribution in [0.1, 0.15) is 68.3 Å². The molecule has 2 unspecified atom stereocenters. The Bertz CT molecular complexity index is 2870. The molecule has 4 N–H and O–H groups in total. The van der Waals surface area contributed by atoms with Gasteiger partial charge in [-0.2, -0.15) is 10.2 Å². The monoisotopic (exact) mass is 1010 g/mol. The summed E-state index contributed by atoms with van der Waals surface area (Å²) in [6.45, 7) is 11.4. The van der Waals surface area contributed by atoms with Gasteiger partial charge in [-0.05, 0) is 121 Å². The minimum atomic E-state index is -4.59. The number of amides is 1. The van der Waals surface area contributed by atoms with E-state index in [0.717, 1.165) is 62.3 Å². The van der Waals surface area contributed by atoms with Crippen molar-refractivity contribution in [3.05, 3.63) is 106 Å². The maximum Gasteiger partial charge on any atom is 0.267 e. The van der Waals surface area contributed by atoms with E-state index < -0.39 is 21.2 Å². The highest BCUT2D eigenvalue weighted by Crippen LogP contribution is 2.46. The Hall–Kier alpha value is -5.28. The summed E-state index contributed by atoms with van der Waals surface area (Å²) in [5, 5.41) is 22.8. The SMILES string of the molecule is CC1(C)CC(c2ccc(Cl)cc2)=C2CN3CCN(c4ccc(C(=O)NS(=O)(=O)c5ccc(OCC6CCOCC6)c([NH+]([O-])O)c5)c(N5CCCOc6nc7[nH]ccc7cc65)c4)CC3COCCCO[C@@H]2C1. The van der Waals surface area contributed by atoms with Crippen LogP contribution in [0, 0.1) is 16.5 Å². The second-order valence-corrected chi connectivity index (χ2v) is 22.1. The van der Waals surface area contributed by atoms with Crippen LogP contribution < -0.4 is 29.2 Å². The van der Waals surface area contributed by atoms with E-state index in [4.69, 9.17) is 40.3 Å². The fraction of sp³-hybridized carbons (Fsp3) is 0.462. The van der Waals surface area contributed by atoms with Crippen molar-refractivity contribution >= 4 is 66.9 Å². The smallest absolute Gasteiger partial charge is 0.267 e. The van der Waals surface area contributed by atoms with Gasteiger partial charge in [0.05, 0.1) is 48.1 Å². The number of halogens is 1.